The fourth-order valence-corrected chi connectivity index (χ4v) is 4.52. The number of anilines is 1. The van der Waals surface area contributed by atoms with Crippen LogP contribution in [0.4, 0.5) is 5.13 Å². The van der Waals surface area contributed by atoms with Gasteiger partial charge in [0.2, 0.25) is 0 Å². The molecule has 160 valence electrons. The quantitative estimate of drug-likeness (QED) is 0.529. The number of carbonyl (C=O) groups is 1. The molecule has 0 aliphatic rings. The van der Waals surface area contributed by atoms with Gasteiger partial charge in [0.1, 0.15) is 21.7 Å². The van der Waals surface area contributed by atoms with E-state index in [0.717, 1.165) is 34.5 Å². The highest BCUT2D eigenvalue weighted by molar-refractivity contribution is 7.22. The van der Waals surface area contributed by atoms with Crippen LogP contribution >= 0.6 is 11.3 Å². The summed E-state index contributed by atoms with van der Waals surface area (Å²) in [5.41, 5.74) is 3.51. The van der Waals surface area contributed by atoms with Crippen molar-refractivity contribution in [1.82, 2.24) is 9.88 Å². The Morgan fingerprint density at radius 1 is 1.03 bits per heavy atom. The van der Waals surface area contributed by atoms with Gasteiger partial charge in [0.15, 0.2) is 5.13 Å². The average Bonchev–Trinajstić information content (AvgIpc) is 3.14. The summed E-state index contributed by atoms with van der Waals surface area (Å²) in [6.07, 6.45) is 0.841. The first-order chi connectivity index (χ1) is 14.3. The Balaban J connectivity index is 2.06. The zero-order valence-electron chi connectivity index (χ0n) is 18.5. The van der Waals surface area contributed by atoms with Gasteiger partial charge in [-0.05, 0) is 64.7 Å². The molecule has 3 rings (SSSR count). The number of fused-ring (bicyclic) bond motifs is 1. The molecule has 0 aliphatic heterocycles. The van der Waals surface area contributed by atoms with E-state index < -0.39 is 0 Å². The van der Waals surface area contributed by atoms with Crippen molar-refractivity contribution in [3.63, 3.8) is 0 Å². The molecule has 0 spiro atoms. The van der Waals surface area contributed by atoms with Crippen molar-refractivity contribution in [3.8, 4) is 11.5 Å². The topological polar surface area (TPSA) is 54.9 Å². The van der Waals surface area contributed by atoms with Crippen LogP contribution in [-0.4, -0.2) is 57.2 Å². The second kappa shape index (κ2) is 9.45. The number of carbonyl (C=O) groups excluding carboxylic acids is 1. The fraction of sp³-hybridized carbons (Fsp3) is 0.391. The Hall–Kier alpha value is -2.64. The number of ether oxygens (including phenoxy) is 2. The Kier molecular flexibility index (Phi) is 6.95. The van der Waals surface area contributed by atoms with Gasteiger partial charge in [-0.2, -0.15) is 0 Å². The summed E-state index contributed by atoms with van der Waals surface area (Å²) in [5, 5.41) is 0.650. The molecule has 0 aliphatic carbocycles. The maximum atomic E-state index is 13.6. The summed E-state index contributed by atoms with van der Waals surface area (Å²) in [5.74, 6) is 1.35. The van der Waals surface area contributed by atoms with Crippen molar-refractivity contribution in [3.05, 3.63) is 47.0 Å². The van der Waals surface area contributed by atoms with E-state index in [9.17, 15) is 4.79 Å². The van der Waals surface area contributed by atoms with Crippen molar-refractivity contribution in [2.45, 2.75) is 20.3 Å². The number of amides is 1. The van der Waals surface area contributed by atoms with Crippen LogP contribution in [0.5, 0.6) is 11.5 Å². The first-order valence-electron chi connectivity index (χ1n) is 9.91. The molecule has 7 heteroatoms. The summed E-state index contributed by atoms with van der Waals surface area (Å²) in [6.45, 7) is 5.47. The smallest absolute Gasteiger partial charge is 0.260 e. The number of hydrogen-bond acceptors (Lipinski definition) is 6. The van der Waals surface area contributed by atoms with E-state index in [-0.39, 0.29) is 5.91 Å². The summed E-state index contributed by atoms with van der Waals surface area (Å²) in [6, 6.07) is 9.62. The van der Waals surface area contributed by atoms with E-state index in [1.165, 1.54) is 11.3 Å². The molecule has 0 N–H and O–H groups in total. The Morgan fingerprint density at radius 3 is 2.37 bits per heavy atom. The molecule has 30 heavy (non-hydrogen) atoms. The lowest BCUT2D eigenvalue weighted by atomic mass is 10.0. The molecule has 6 nitrogen and oxygen atoms in total. The lowest BCUT2D eigenvalue weighted by molar-refractivity contribution is 0.0985. The minimum absolute atomic E-state index is 0.0387. The third-order valence-electron chi connectivity index (χ3n) is 4.97. The molecule has 0 saturated heterocycles. The number of aromatic nitrogens is 1. The minimum Gasteiger partial charge on any atom is -0.495 e. The predicted molar refractivity (Wildman–Crippen MR) is 123 cm³/mol. The third kappa shape index (κ3) is 4.57. The summed E-state index contributed by atoms with van der Waals surface area (Å²) in [7, 11) is 7.32. The number of thiazole rings is 1. The van der Waals surface area contributed by atoms with Crippen molar-refractivity contribution in [1.29, 1.82) is 0 Å². The zero-order valence-corrected chi connectivity index (χ0v) is 19.3. The number of rotatable bonds is 8. The molecule has 1 aromatic heterocycles. The SMILES string of the molecule is COc1ccc(OC)c2sc(N(CCCN(C)C)C(=O)c3ccc(C)cc3C)nc12. The van der Waals surface area contributed by atoms with Gasteiger partial charge in [0, 0.05) is 12.1 Å². The molecule has 0 saturated carbocycles. The van der Waals surface area contributed by atoms with Gasteiger partial charge >= 0.3 is 0 Å². The molecular weight excluding hydrogens is 398 g/mol. The molecule has 0 fully saturated rings. The highest BCUT2D eigenvalue weighted by atomic mass is 32.1. The molecule has 0 bridgehead atoms. The average molecular weight is 428 g/mol. The highest BCUT2D eigenvalue weighted by Crippen LogP contribution is 2.40. The highest BCUT2D eigenvalue weighted by Gasteiger charge is 2.24. The number of benzene rings is 2. The normalized spacial score (nSPS) is 11.2. The lowest BCUT2D eigenvalue weighted by Crippen LogP contribution is -2.33. The van der Waals surface area contributed by atoms with Crippen LogP contribution in [0.25, 0.3) is 10.2 Å². The largest absolute Gasteiger partial charge is 0.495 e. The van der Waals surface area contributed by atoms with Crippen LogP contribution in [0, 0.1) is 13.8 Å². The summed E-state index contributed by atoms with van der Waals surface area (Å²) < 4.78 is 11.9. The van der Waals surface area contributed by atoms with Gasteiger partial charge in [-0.3, -0.25) is 9.69 Å². The summed E-state index contributed by atoms with van der Waals surface area (Å²) >= 11 is 1.45. The van der Waals surface area contributed by atoms with Crippen molar-refractivity contribution >= 4 is 32.6 Å². The molecule has 0 unspecified atom stereocenters. The van der Waals surface area contributed by atoms with Crippen molar-refractivity contribution in [2.75, 3.05) is 46.3 Å². The second-order valence-corrected chi connectivity index (χ2v) is 8.55. The van der Waals surface area contributed by atoms with E-state index in [4.69, 9.17) is 14.5 Å². The van der Waals surface area contributed by atoms with Crippen LogP contribution in [0.15, 0.2) is 30.3 Å². The van der Waals surface area contributed by atoms with Gasteiger partial charge < -0.3 is 14.4 Å². The van der Waals surface area contributed by atoms with Crippen LogP contribution in [-0.2, 0) is 0 Å². The molecule has 0 atom stereocenters. The molecular formula is C23H29N3O3S. The molecule has 3 aromatic rings. The van der Waals surface area contributed by atoms with E-state index in [0.29, 0.717) is 28.5 Å². The number of nitrogens with zero attached hydrogens (tertiary/aromatic N) is 3. The van der Waals surface area contributed by atoms with Crippen LogP contribution in [0.1, 0.15) is 27.9 Å². The van der Waals surface area contributed by atoms with Crippen LogP contribution in [0.3, 0.4) is 0 Å². The standard InChI is InChI=1S/C23H29N3O3S/c1-15-8-9-17(16(2)14-15)22(27)26(13-7-12-25(3)4)23-24-20-18(28-5)10-11-19(29-6)21(20)30-23/h8-11,14H,7,12-13H2,1-6H3. The van der Waals surface area contributed by atoms with E-state index in [1.807, 2.05) is 58.3 Å². The van der Waals surface area contributed by atoms with Crippen molar-refractivity contribution < 1.29 is 14.3 Å². The first kappa shape index (κ1) is 22.1. The van der Waals surface area contributed by atoms with E-state index in [1.54, 1.807) is 19.1 Å². The third-order valence-corrected chi connectivity index (χ3v) is 6.07. The predicted octanol–water partition coefficient (Wildman–Crippen LogP) is 4.53. The fourth-order valence-electron chi connectivity index (χ4n) is 3.42. The Morgan fingerprint density at radius 2 is 1.73 bits per heavy atom. The first-order valence-corrected chi connectivity index (χ1v) is 10.7. The van der Waals surface area contributed by atoms with Gasteiger partial charge in [-0.25, -0.2) is 4.98 Å². The van der Waals surface area contributed by atoms with Gasteiger partial charge in [-0.1, -0.05) is 29.0 Å². The maximum Gasteiger partial charge on any atom is 0.260 e. The Labute approximate surface area is 182 Å². The monoisotopic (exact) mass is 427 g/mol. The molecule has 0 radical (unpaired) electrons. The van der Waals surface area contributed by atoms with Gasteiger partial charge in [-0.15, -0.1) is 0 Å². The number of hydrogen-bond donors (Lipinski definition) is 0. The Bertz CT molecular complexity index is 1000. The summed E-state index contributed by atoms with van der Waals surface area (Å²) in [4.78, 5) is 22.2. The number of methoxy groups -OCH3 is 2. The molecule has 2 aromatic carbocycles. The number of aryl methyl sites for hydroxylation is 2. The van der Waals surface area contributed by atoms with E-state index in [2.05, 4.69) is 4.90 Å². The van der Waals surface area contributed by atoms with Crippen LogP contribution in [0.2, 0.25) is 0 Å². The van der Waals surface area contributed by atoms with Crippen molar-refractivity contribution in [2.24, 2.45) is 0 Å². The van der Waals surface area contributed by atoms with E-state index >= 15 is 0 Å². The maximum absolute atomic E-state index is 13.6. The van der Waals surface area contributed by atoms with Gasteiger partial charge in [0.05, 0.1) is 14.2 Å². The van der Waals surface area contributed by atoms with Crippen LogP contribution < -0.4 is 14.4 Å². The minimum atomic E-state index is -0.0387. The van der Waals surface area contributed by atoms with Gasteiger partial charge in [0.25, 0.3) is 5.91 Å². The molecule has 1 heterocycles. The second-order valence-electron chi connectivity index (χ2n) is 7.58. The molecule has 1 amide bonds. The zero-order chi connectivity index (χ0) is 21.8. The lowest BCUT2D eigenvalue weighted by Gasteiger charge is -2.22.